The predicted molar refractivity (Wildman–Crippen MR) is 97.7 cm³/mol. The first-order valence-corrected chi connectivity index (χ1v) is 8.19. The van der Waals surface area contributed by atoms with Gasteiger partial charge in [0, 0.05) is 10.7 Å². The normalized spacial score (nSPS) is 13.5. The molecule has 0 unspecified atom stereocenters. The number of aromatic carboxylic acids is 1. The van der Waals surface area contributed by atoms with Crippen molar-refractivity contribution in [3.63, 3.8) is 0 Å². The second-order valence-corrected chi connectivity index (χ2v) is 6.10. The molecule has 1 aliphatic heterocycles. The van der Waals surface area contributed by atoms with Crippen LogP contribution in [-0.4, -0.2) is 37.2 Å². The van der Waals surface area contributed by atoms with Crippen LogP contribution in [0.15, 0.2) is 52.3 Å². The maximum Gasteiger partial charge on any atom is 0.355 e. The van der Waals surface area contributed by atoms with Gasteiger partial charge in [-0.05, 0) is 52.7 Å². The molecule has 0 fully saturated rings. The molecule has 26 heavy (non-hydrogen) atoms. The number of carboxylic acids is 1. The average Bonchev–Trinajstić information content (AvgIpc) is 2.82. The number of methoxy groups -OCH3 is 2. The number of rotatable bonds is 4. The molecule has 1 N–H and O–H groups in total. The molecule has 1 aromatic carbocycles. The third kappa shape index (κ3) is 3.70. The minimum absolute atomic E-state index is 0.0120. The second-order valence-electron chi connectivity index (χ2n) is 5.24. The smallest absolute Gasteiger partial charge is 0.355 e. The second kappa shape index (κ2) is 8.01. The van der Waals surface area contributed by atoms with E-state index >= 15 is 0 Å². The lowest BCUT2D eigenvalue weighted by atomic mass is 10.1. The van der Waals surface area contributed by atoms with E-state index in [-0.39, 0.29) is 16.8 Å². The Bertz CT molecular complexity index is 845. The number of hydrogen-bond donors (Lipinski definition) is 1. The van der Waals surface area contributed by atoms with Gasteiger partial charge in [-0.3, -0.25) is 0 Å². The number of anilines is 1. The summed E-state index contributed by atoms with van der Waals surface area (Å²) >= 11 is 3.35. The summed E-state index contributed by atoms with van der Waals surface area (Å²) < 4.78 is 10.0. The van der Waals surface area contributed by atoms with Crippen molar-refractivity contribution in [2.75, 3.05) is 19.1 Å². The van der Waals surface area contributed by atoms with Crippen LogP contribution in [0.5, 0.6) is 0 Å². The lowest BCUT2D eigenvalue weighted by Gasteiger charge is -2.26. The van der Waals surface area contributed by atoms with E-state index < -0.39 is 17.9 Å². The monoisotopic (exact) mass is 421 g/mol. The lowest BCUT2D eigenvalue weighted by molar-refractivity contribution is -0.139. The number of carbonyl (C=O) groups is 3. The first kappa shape index (κ1) is 19.5. The number of hydrogen-bond acceptors (Lipinski definition) is 6. The predicted octanol–water partition coefficient (Wildman–Crippen LogP) is 2.95. The van der Waals surface area contributed by atoms with Crippen LogP contribution in [0.1, 0.15) is 15.9 Å². The standard InChI is InChI=1S/C18H16BrNO6/c1-10-8-11(16(21)22)9-13(19)14(10)20-7-5-4-6-12(17(23)25-2)15(20)18(24)26-3/h4-9H,1-3H3,(H,21,22). The van der Waals surface area contributed by atoms with Crippen molar-refractivity contribution in [1.29, 1.82) is 0 Å². The Morgan fingerprint density at radius 3 is 2.27 bits per heavy atom. The molecule has 0 bridgehead atoms. The number of carbonyl (C=O) groups excluding carboxylic acids is 2. The SMILES string of the molecule is COC(=O)C1=C(C(=O)OC)N(c2c(C)cc(C(=O)O)cc2Br)C=CC=C1. The lowest BCUT2D eigenvalue weighted by Crippen LogP contribution is -2.27. The summed E-state index contributed by atoms with van der Waals surface area (Å²) in [6, 6.07) is 2.89. The van der Waals surface area contributed by atoms with E-state index in [9.17, 15) is 19.5 Å². The molecule has 1 heterocycles. The van der Waals surface area contributed by atoms with Crippen molar-refractivity contribution in [1.82, 2.24) is 0 Å². The Hall–Kier alpha value is -2.87. The van der Waals surface area contributed by atoms with Gasteiger partial charge in [0.05, 0.1) is 31.0 Å². The molecule has 0 spiro atoms. The number of nitrogens with zero attached hydrogens (tertiary/aromatic N) is 1. The summed E-state index contributed by atoms with van der Waals surface area (Å²) in [6.07, 6.45) is 6.25. The van der Waals surface area contributed by atoms with E-state index in [0.717, 1.165) is 0 Å². The fourth-order valence-electron chi connectivity index (χ4n) is 2.50. The highest BCUT2D eigenvalue weighted by Crippen LogP contribution is 2.36. The van der Waals surface area contributed by atoms with Crippen molar-refractivity contribution >= 4 is 39.5 Å². The van der Waals surface area contributed by atoms with Gasteiger partial charge in [0.1, 0.15) is 5.70 Å². The largest absolute Gasteiger partial charge is 0.478 e. The van der Waals surface area contributed by atoms with E-state index in [0.29, 0.717) is 15.7 Å². The van der Waals surface area contributed by atoms with Crippen LogP contribution in [0.3, 0.4) is 0 Å². The Labute approximate surface area is 158 Å². The molecule has 0 atom stereocenters. The highest BCUT2D eigenvalue weighted by molar-refractivity contribution is 9.10. The molecule has 0 amide bonds. The fourth-order valence-corrected chi connectivity index (χ4v) is 3.25. The first-order chi connectivity index (χ1) is 12.3. The van der Waals surface area contributed by atoms with Gasteiger partial charge in [-0.25, -0.2) is 14.4 Å². The molecule has 0 saturated heterocycles. The van der Waals surface area contributed by atoms with E-state index in [1.54, 1.807) is 25.3 Å². The third-order valence-corrected chi connectivity index (χ3v) is 4.24. The summed E-state index contributed by atoms with van der Waals surface area (Å²) in [5, 5.41) is 9.20. The topological polar surface area (TPSA) is 93.1 Å². The molecule has 2 rings (SSSR count). The number of benzene rings is 1. The molecule has 7 nitrogen and oxygen atoms in total. The van der Waals surface area contributed by atoms with Crippen LogP contribution in [-0.2, 0) is 19.1 Å². The molecule has 0 radical (unpaired) electrons. The Kier molecular flexibility index (Phi) is 5.99. The van der Waals surface area contributed by atoms with Gasteiger partial charge in [0.15, 0.2) is 0 Å². The summed E-state index contributed by atoms with van der Waals surface area (Å²) in [5.41, 5.74) is 1.13. The number of esters is 2. The van der Waals surface area contributed by atoms with Gasteiger partial charge >= 0.3 is 17.9 Å². The average molecular weight is 422 g/mol. The molecule has 1 aromatic rings. The minimum Gasteiger partial charge on any atom is -0.478 e. The van der Waals surface area contributed by atoms with Crippen LogP contribution < -0.4 is 4.90 Å². The van der Waals surface area contributed by atoms with Crippen LogP contribution in [0.25, 0.3) is 0 Å². The molecular weight excluding hydrogens is 406 g/mol. The van der Waals surface area contributed by atoms with Crippen LogP contribution in [0.2, 0.25) is 0 Å². The fraction of sp³-hybridized carbons (Fsp3) is 0.167. The van der Waals surface area contributed by atoms with Gasteiger partial charge in [-0.2, -0.15) is 0 Å². The Balaban J connectivity index is 2.76. The quantitative estimate of drug-likeness (QED) is 0.746. The third-order valence-electron chi connectivity index (χ3n) is 3.63. The minimum atomic E-state index is -1.08. The maximum atomic E-state index is 12.4. The van der Waals surface area contributed by atoms with Crippen LogP contribution >= 0.6 is 15.9 Å². The maximum absolute atomic E-state index is 12.4. The number of allylic oxidation sites excluding steroid dienone is 2. The van der Waals surface area contributed by atoms with E-state index in [1.807, 2.05) is 0 Å². The zero-order chi connectivity index (χ0) is 19.4. The van der Waals surface area contributed by atoms with Crippen molar-refractivity contribution in [2.45, 2.75) is 6.92 Å². The van der Waals surface area contributed by atoms with Gasteiger partial charge in [0.2, 0.25) is 0 Å². The van der Waals surface area contributed by atoms with Crippen molar-refractivity contribution in [3.05, 3.63) is 63.4 Å². The number of aryl methyl sites for hydroxylation is 1. The molecule has 1 aliphatic rings. The summed E-state index contributed by atoms with van der Waals surface area (Å²) in [4.78, 5) is 37.3. The molecular formula is C18H16BrNO6. The van der Waals surface area contributed by atoms with Gasteiger partial charge in [0.25, 0.3) is 0 Å². The van der Waals surface area contributed by atoms with Gasteiger partial charge < -0.3 is 19.5 Å². The van der Waals surface area contributed by atoms with E-state index in [4.69, 9.17) is 9.47 Å². The van der Waals surface area contributed by atoms with Crippen molar-refractivity contribution in [2.24, 2.45) is 0 Å². The van der Waals surface area contributed by atoms with Gasteiger partial charge in [-0.15, -0.1) is 0 Å². The number of halogens is 1. The highest BCUT2D eigenvalue weighted by atomic mass is 79.9. The highest BCUT2D eigenvalue weighted by Gasteiger charge is 2.29. The van der Waals surface area contributed by atoms with Crippen LogP contribution in [0.4, 0.5) is 5.69 Å². The van der Waals surface area contributed by atoms with E-state index in [2.05, 4.69) is 15.9 Å². The summed E-state index contributed by atoms with van der Waals surface area (Å²) in [6.45, 7) is 1.70. The molecule has 0 saturated carbocycles. The molecule has 0 aliphatic carbocycles. The van der Waals surface area contributed by atoms with Crippen molar-refractivity contribution < 1.29 is 29.0 Å². The zero-order valence-corrected chi connectivity index (χ0v) is 15.9. The van der Waals surface area contributed by atoms with E-state index in [1.165, 1.54) is 37.3 Å². The molecule has 0 aromatic heterocycles. The summed E-state index contributed by atoms with van der Waals surface area (Å²) in [7, 11) is 2.42. The number of carboxylic acid groups (broad SMARTS) is 1. The first-order valence-electron chi connectivity index (χ1n) is 7.40. The molecule has 8 heteroatoms. The number of ether oxygens (including phenoxy) is 2. The Morgan fingerprint density at radius 1 is 1.08 bits per heavy atom. The zero-order valence-electron chi connectivity index (χ0n) is 14.3. The Morgan fingerprint density at radius 2 is 1.73 bits per heavy atom. The van der Waals surface area contributed by atoms with Gasteiger partial charge in [-0.1, -0.05) is 6.08 Å². The molecule has 136 valence electrons. The van der Waals surface area contributed by atoms with Crippen LogP contribution in [0, 0.1) is 6.92 Å². The van der Waals surface area contributed by atoms with Crippen molar-refractivity contribution in [3.8, 4) is 0 Å². The summed E-state index contributed by atoms with van der Waals surface area (Å²) in [5.74, 6) is -2.52.